The summed E-state index contributed by atoms with van der Waals surface area (Å²) in [6.07, 6.45) is 2.52. The minimum atomic E-state index is -0.606. The molecule has 40 heavy (non-hydrogen) atoms. The highest BCUT2D eigenvalue weighted by Crippen LogP contribution is 2.27. The molecule has 0 aliphatic carbocycles. The normalized spacial score (nSPS) is 10.8. The summed E-state index contributed by atoms with van der Waals surface area (Å²) in [7, 11) is 3.14. The van der Waals surface area contributed by atoms with E-state index in [2.05, 4.69) is 10.6 Å². The summed E-state index contributed by atoms with van der Waals surface area (Å²) in [6.45, 7) is 0.375. The van der Waals surface area contributed by atoms with E-state index in [0.29, 0.717) is 41.1 Å². The SMILES string of the molecule is COc1ccc(CCNC(=O)CCCn2c(=O)c3ccccc3n(CC(=O)NCc3ccco3)c2=O)cc1OC. The summed E-state index contributed by atoms with van der Waals surface area (Å²) in [4.78, 5) is 51.4. The van der Waals surface area contributed by atoms with Gasteiger partial charge in [0.25, 0.3) is 5.56 Å². The second-order valence-corrected chi connectivity index (χ2v) is 9.09. The zero-order valence-corrected chi connectivity index (χ0v) is 22.5. The third-order valence-corrected chi connectivity index (χ3v) is 6.44. The molecule has 0 spiro atoms. The van der Waals surface area contributed by atoms with Gasteiger partial charge in [-0.05, 0) is 54.8 Å². The first-order valence-corrected chi connectivity index (χ1v) is 12.9. The summed E-state index contributed by atoms with van der Waals surface area (Å²) in [5.41, 5.74) is 0.289. The fourth-order valence-corrected chi connectivity index (χ4v) is 4.39. The Morgan fingerprint density at radius 2 is 1.70 bits per heavy atom. The number of hydrogen-bond acceptors (Lipinski definition) is 7. The van der Waals surface area contributed by atoms with Crippen molar-refractivity contribution in [1.82, 2.24) is 19.8 Å². The molecule has 4 rings (SSSR count). The molecular weight excluding hydrogens is 516 g/mol. The van der Waals surface area contributed by atoms with Crippen molar-refractivity contribution in [2.75, 3.05) is 20.8 Å². The molecule has 11 heteroatoms. The van der Waals surface area contributed by atoms with Crippen LogP contribution in [0.3, 0.4) is 0 Å². The van der Waals surface area contributed by atoms with Crippen molar-refractivity contribution in [3.8, 4) is 11.5 Å². The molecule has 210 valence electrons. The van der Waals surface area contributed by atoms with Crippen LogP contribution in [0.15, 0.2) is 74.9 Å². The molecule has 0 radical (unpaired) electrons. The van der Waals surface area contributed by atoms with Crippen molar-refractivity contribution in [3.05, 3.63) is 93.0 Å². The number of carbonyl (C=O) groups is 2. The Labute approximate surface area is 230 Å². The molecule has 0 fully saturated rings. The smallest absolute Gasteiger partial charge is 0.331 e. The lowest BCUT2D eigenvalue weighted by Crippen LogP contribution is -2.42. The predicted molar refractivity (Wildman–Crippen MR) is 149 cm³/mol. The van der Waals surface area contributed by atoms with E-state index in [0.717, 1.165) is 10.1 Å². The first kappa shape index (κ1) is 28.2. The fraction of sp³-hybridized carbons (Fsp3) is 0.310. The Bertz CT molecular complexity index is 1590. The predicted octanol–water partition coefficient (Wildman–Crippen LogP) is 2.23. The van der Waals surface area contributed by atoms with E-state index < -0.39 is 17.2 Å². The van der Waals surface area contributed by atoms with Gasteiger partial charge in [-0.3, -0.25) is 23.5 Å². The van der Waals surface area contributed by atoms with Crippen molar-refractivity contribution >= 4 is 22.7 Å². The summed E-state index contributed by atoms with van der Waals surface area (Å²) in [5.74, 6) is 1.24. The number of nitrogens with one attached hydrogen (secondary N) is 2. The fourth-order valence-electron chi connectivity index (χ4n) is 4.39. The molecule has 0 aliphatic rings. The Morgan fingerprint density at radius 3 is 2.45 bits per heavy atom. The van der Waals surface area contributed by atoms with E-state index >= 15 is 0 Å². The van der Waals surface area contributed by atoms with Crippen LogP contribution >= 0.6 is 0 Å². The van der Waals surface area contributed by atoms with Gasteiger partial charge in [0.1, 0.15) is 12.3 Å². The van der Waals surface area contributed by atoms with Gasteiger partial charge in [-0.2, -0.15) is 0 Å². The first-order valence-electron chi connectivity index (χ1n) is 12.9. The van der Waals surface area contributed by atoms with Gasteiger partial charge < -0.3 is 24.5 Å². The van der Waals surface area contributed by atoms with E-state index in [-0.39, 0.29) is 38.4 Å². The maximum atomic E-state index is 13.3. The Balaban J connectivity index is 1.37. The minimum absolute atomic E-state index is 0.0413. The Morgan fingerprint density at radius 1 is 0.900 bits per heavy atom. The topological polar surface area (TPSA) is 134 Å². The standard InChI is InChI=1S/C29H32N4O7/c1-38-24-12-11-20(17-25(24)39-2)13-14-30-26(34)10-5-15-32-28(36)22-8-3-4-9-23(22)33(29(32)37)19-27(35)31-18-21-7-6-16-40-21/h3-4,6-9,11-12,16-17H,5,10,13-15,18-19H2,1-2H3,(H,30,34)(H,31,35). The summed E-state index contributed by atoms with van der Waals surface area (Å²) in [6, 6.07) is 15.7. The molecule has 2 heterocycles. The highest BCUT2D eigenvalue weighted by Gasteiger charge is 2.16. The second-order valence-electron chi connectivity index (χ2n) is 9.09. The molecule has 0 atom stereocenters. The molecule has 0 aliphatic heterocycles. The van der Waals surface area contributed by atoms with Crippen molar-refractivity contribution in [1.29, 1.82) is 0 Å². The quantitative estimate of drug-likeness (QED) is 0.262. The average Bonchev–Trinajstić information content (AvgIpc) is 3.49. The number of rotatable bonds is 13. The molecule has 0 bridgehead atoms. The average molecular weight is 549 g/mol. The molecule has 2 amide bonds. The molecule has 11 nitrogen and oxygen atoms in total. The number of para-hydroxylation sites is 1. The number of benzene rings is 2. The molecule has 2 N–H and O–H groups in total. The van der Waals surface area contributed by atoms with Crippen LogP contribution in [0.4, 0.5) is 0 Å². The van der Waals surface area contributed by atoms with Crippen LogP contribution in [0, 0.1) is 0 Å². The van der Waals surface area contributed by atoms with Gasteiger partial charge >= 0.3 is 5.69 Å². The number of amides is 2. The zero-order chi connectivity index (χ0) is 28.5. The molecule has 4 aromatic rings. The van der Waals surface area contributed by atoms with Crippen LogP contribution in [0.2, 0.25) is 0 Å². The highest BCUT2D eigenvalue weighted by atomic mass is 16.5. The van der Waals surface area contributed by atoms with Crippen molar-refractivity contribution < 1.29 is 23.5 Å². The lowest BCUT2D eigenvalue weighted by atomic mass is 10.1. The summed E-state index contributed by atoms with van der Waals surface area (Å²) >= 11 is 0. The van der Waals surface area contributed by atoms with Crippen molar-refractivity contribution in [3.63, 3.8) is 0 Å². The van der Waals surface area contributed by atoms with E-state index in [1.54, 1.807) is 50.6 Å². The van der Waals surface area contributed by atoms with Gasteiger partial charge in [0.05, 0.1) is 37.9 Å². The van der Waals surface area contributed by atoms with E-state index in [9.17, 15) is 19.2 Å². The van der Waals surface area contributed by atoms with E-state index in [1.165, 1.54) is 10.8 Å². The van der Waals surface area contributed by atoms with Gasteiger partial charge in [0.15, 0.2) is 11.5 Å². The zero-order valence-electron chi connectivity index (χ0n) is 22.5. The van der Waals surface area contributed by atoms with Crippen LogP contribution in [0.5, 0.6) is 11.5 Å². The van der Waals surface area contributed by atoms with E-state index in [4.69, 9.17) is 13.9 Å². The van der Waals surface area contributed by atoms with Crippen LogP contribution in [0.25, 0.3) is 10.9 Å². The van der Waals surface area contributed by atoms with E-state index in [1.807, 2.05) is 18.2 Å². The summed E-state index contributed by atoms with van der Waals surface area (Å²) in [5, 5.41) is 5.90. The van der Waals surface area contributed by atoms with Crippen LogP contribution in [-0.2, 0) is 35.6 Å². The maximum Gasteiger partial charge on any atom is 0.331 e. The monoisotopic (exact) mass is 548 g/mol. The second kappa shape index (κ2) is 13.3. The maximum absolute atomic E-state index is 13.3. The Kier molecular flexibility index (Phi) is 9.39. The first-order chi connectivity index (χ1) is 19.4. The number of ether oxygens (including phenoxy) is 2. The number of nitrogens with zero attached hydrogens (tertiary/aromatic N) is 2. The molecule has 0 saturated heterocycles. The van der Waals surface area contributed by atoms with Crippen LogP contribution in [-0.4, -0.2) is 41.7 Å². The molecule has 0 saturated carbocycles. The third-order valence-electron chi connectivity index (χ3n) is 6.44. The number of methoxy groups -OCH3 is 2. The van der Waals surface area contributed by atoms with Gasteiger partial charge in [-0.15, -0.1) is 0 Å². The number of aromatic nitrogens is 2. The lowest BCUT2D eigenvalue weighted by Gasteiger charge is -2.14. The van der Waals surface area contributed by atoms with Gasteiger partial charge in [0.2, 0.25) is 11.8 Å². The number of carbonyl (C=O) groups excluding carboxylic acids is 2. The van der Waals surface area contributed by atoms with Crippen molar-refractivity contribution in [2.45, 2.75) is 38.9 Å². The number of furan rings is 1. The molecular formula is C29H32N4O7. The lowest BCUT2D eigenvalue weighted by molar-refractivity contribution is -0.122. The van der Waals surface area contributed by atoms with Gasteiger partial charge in [-0.25, -0.2) is 4.79 Å². The van der Waals surface area contributed by atoms with Crippen LogP contribution < -0.4 is 31.4 Å². The molecule has 2 aromatic carbocycles. The summed E-state index contributed by atoms with van der Waals surface area (Å²) < 4.78 is 18.1. The number of hydrogen-bond donors (Lipinski definition) is 2. The third kappa shape index (κ3) is 6.79. The van der Waals surface area contributed by atoms with Crippen molar-refractivity contribution in [2.24, 2.45) is 0 Å². The number of fused-ring (bicyclic) bond motifs is 1. The Hall–Kier alpha value is -4.80. The van der Waals surface area contributed by atoms with Gasteiger partial charge in [0, 0.05) is 19.5 Å². The van der Waals surface area contributed by atoms with Gasteiger partial charge in [-0.1, -0.05) is 18.2 Å². The molecule has 2 aromatic heterocycles. The van der Waals surface area contributed by atoms with Crippen LogP contribution in [0.1, 0.15) is 24.2 Å². The largest absolute Gasteiger partial charge is 0.493 e. The molecule has 0 unspecified atom stereocenters. The minimum Gasteiger partial charge on any atom is -0.493 e. The highest BCUT2D eigenvalue weighted by molar-refractivity contribution is 5.81.